The second-order valence-corrected chi connectivity index (χ2v) is 4.60. The number of aliphatic hydroxyl groups is 1. The van der Waals surface area contributed by atoms with Gasteiger partial charge in [0.15, 0.2) is 0 Å². The molecule has 0 saturated heterocycles. The predicted octanol–water partition coefficient (Wildman–Crippen LogP) is 2.40. The summed E-state index contributed by atoms with van der Waals surface area (Å²) in [5.74, 6) is 0.702. The highest BCUT2D eigenvalue weighted by Crippen LogP contribution is 2.25. The topological polar surface area (TPSA) is 50.9 Å². The van der Waals surface area contributed by atoms with Gasteiger partial charge in [0, 0.05) is 23.5 Å². The van der Waals surface area contributed by atoms with Crippen molar-refractivity contribution in [2.24, 2.45) is 7.05 Å². The van der Waals surface area contributed by atoms with Gasteiger partial charge < -0.3 is 5.11 Å². The molecule has 90 valence electrons. The Hall–Kier alpha value is -1.10. The molecule has 0 radical (unpaired) electrons. The van der Waals surface area contributed by atoms with Gasteiger partial charge in [-0.05, 0) is 23.8 Å². The third-order valence-corrected chi connectivity index (χ3v) is 2.89. The molecule has 0 aliphatic heterocycles. The number of aliphatic hydroxyl groups excluding tert-OH is 1. The number of nitrogens with zero attached hydrogens (tertiary/aromatic N) is 3. The predicted molar refractivity (Wildman–Crippen MR) is 66.1 cm³/mol. The van der Waals surface area contributed by atoms with Gasteiger partial charge in [-0.1, -0.05) is 23.2 Å². The van der Waals surface area contributed by atoms with Crippen LogP contribution in [0.5, 0.6) is 0 Å². The Balaban J connectivity index is 2.20. The third kappa shape index (κ3) is 2.97. The van der Waals surface area contributed by atoms with Crippen LogP contribution in [0.2, 0.25) is 10.0 Å². The van der Waals surface area contributed by atoms with Gasteiger partial charge in [0.05, 0.1) is 6.10 Å². The molecular formula is C11H11Cl2N3O. The van der Waals surface area contributed by atoms with Crippen molar-refractivity contribution in [3.8, 4) is 0 Å². The summed E-state index contributed by atoms with van der Waals surface area (Å²) in [7, 11) is 1.78. The zero-order valence-electron chi connectivity index (χ0n) is 9.14. The van der Waals surface area contributed by atoms with Crippen LogP contribution in [0, 0.1) is 0 Å². The summed E-state index contributed by atoms with van der Waals surface area (Å²) in [6, 6.07) is 5.00. The Morgan fingerprint density at radius 1 is 1.29 bits per heavy atom. The fourth-order valence-electron chi connectivity index (χ4n) is 1.56. The van der Waals surface area contributed by atoms with Gasteiger partial charge >= 0.3 is 0 Å². The zero-order valence-corrected chi connectivity index (χ0v) is 10.7. The fourth-order valence-corrected chi connectivity index (χ4v) is 2.11. The van der Waals surface area contributed by atoms with Gasteiger partial charge in [0.25, 0.3) is 0 Å². The zero-order chi connectivity index (χ0) is 12.4. The van der Waals surface area contributed by atoms with Crippen molar-refractivity contribution in [3.05, 3.63) is 46.0 Å². The van der Waals surface area contributed by atoms with E-state index in [2.05, 4.69) is 10.1 Å². The standard InChI is InChI=1S/C11H11Cl2N3O/c1-16-11(14-6-15-16)5-10(17)7-2-8(12)4-9(13)3-7/h2-4,6,10,17H,5H2,1H3. The van der Waals surface area contributed by atoms with Gasteiger partial charge in [-0.2, -0.15) is 5.10 Å². The molecule has 1 unspecified atom stereocenters. The summed E-state index contributed by atoms with van der Waals surface area (Å²) in [6.45, 7) is 0. The molecule has 1 heterocycles. The molecule has 2 rings (SSSR count). The molecule has 0 spiro atoms. The monoisotopic (exact) mass is 271 g/mol. The van der Waals surface area contributed by atoms with E-state index in [1.54, 1.807) is 29.9 Å². The van der Waals surface area contributed by atoms with Gasteiger partial charge in [0.2, 0.25) is 0 Å². The third-order valence-electron chi connectivity index (χ3n) is 2.45. The largest absolute Gasteiger partial charge is 0.388 e. The van der Waals surface area contributed by atoms with E-state index in [9.17, 15) is 5.11 Å². The quantitative estimate of drug-likeness (QED) is 0.933. The minimum absolute atomic E-state index is 0.368. The molecule has 17 heavy (non-hydrogen) atoms. The van der Waals surface area contributed by atoms with E-state index in [-0.39, 0.29) is 0 Å². The average molecular weight is 272 g/mol. The molecule has 2 aromatic rings. The molecule has 0 aliphatic carbocycles. The molecular weight excluding hydrogens is 261 g/mol. The SMILES string of the molecule is Cn1ncnc1CC(O)c1cc(Cl)cc(Cl)c1. The number of rotatable bonds is 3. The van der Waals surface area contributed by atoms with Crippen LogP contribution < -0.4 is 0 Å². The van der Waals surface area contributed by atoms with Crippen LogP contribution in [0.25, 0.3) is 0 Å². The van der Waals surface area contributed by atoms with E-state index in [1.807, 2.05) is 0 Å². The van der Waals surface area contributed by atoms with E-state index < -0.39 is 6.10 Å². The number of hydrogen-bond donors (Lipinski definition) is 1. The first-order valence-electron chi connectivity index (χ1n) is 5.03. The lowest BCUT2D eigenvalue weighted by Crippen LogP contribution is -2.07. The number of halogens is 2. The maximum atomic E-state index is 10.1. The molecule has 1 aromatic heterocycles. The summed E-state index contributed by atoms with van der Waals surface area (Å²) in [5, 5.41) is 15.0. The Kier molecular flexibility index (Phi) is 3.66. The maximum Gasteiger partial charge on any atom is 0.138 e. The van der Waals surface area contributed by atoms with E-state index in [1.165, 1.54) is 6.33 Å². The van der Waals surface area contributed by atoms with Crippen LogP contribution in [-0.4, -0.2) is 19.9 Å². The Morgan fingerprint density at radius 2 is 1.94 bits per heavy atom. The van der Waals surface area contributed by atoms with Crippen molar-refractivity contribution < 1.29 is 5.11 Å². The molecule has 0 fully saturated rings. The number of aryl methyl sites for hydroxylation is 1. The second-order valence-electron chi connectivity index (χ2n) is 3.72. The second kappa shape index (κ2) is 5.04. The van der Waals surface area contributed by atoms with Gasteiger partial charge in [0.1, 0.15) is 12.2 Å². The molecule has 0 bridgehead atoms. The Morgan fingerprint density at radius 3 is 2.47 bits per heavy atom. The summed E-state index contributed by atoms with van der Waals surface area (Å²) in [6.07, 6.45) is 1.12. The van der Waals surface area contributed by atoms with Gasteiger partial charge in [-0.25, -0.2) is 4.98 Å². The lowest BCUT2D eigenvalue weighted by molar-refractivity contribution is 0.174. The van der Waals surface area contributed by atoms with Crippen molar-refractivity contribution in [3.63, 3.8) is 0 Å². The van der Waals surface area contributed by atoms with E-state index >= 15 is 0 Å². The highest BCUT2D eigenvalue weighted by Gasteiger charge is 2.13. The normalized spacial score (nSPS) is 12.7. The van der Waals surface area contributed by atoms with Crippen LogP contribution in [-0.2, 0) is 13.5 Å². The van der Waals surface area contributed by atoms with E-state index in [4.69, 9.17) is 23.2 Å². The summed E-state index contributed by atoms with van der Waals surface area (Å²) < 4.78 is 1.62. The summed E-state index contributed by atoms with van der Waals surface area (Å²) >= 11 is 11.8. The minimum atomic E-state index is -0.700. The lowest BCUT2D eigenvalue weighted by atomic mass is 10.1. The van der Waals surface area contributed by atoms with Crippen LogP contribution >= 0.6 is 23.2 Å². The summed E-state index contributed by atoms with van der Waals surface area (Å²) in [4.78, 5) is 4.05. The van der Waals surface area contributed by atoms with E-state index in [0.717, 1.165) is 0 Å². The Bertz CT molecular complexity index is 507. The highest BCUT2D eigenvalue weighted by atomic mass is 35.5. The molecule has 4 nitrogen and oxygen atoms in total. The first kappa shape index (κ1) is 12.4. The van der Waals surface area contributed by atoms with Crippen LogP contribution in [0.3, 0.4) is 0 Å². The Labute approximate surface area is 109 Å². The molecule has 0 amide bonds. The van der Waals surface area contributed by atoms with Crippen molar-refractivity contribution >= 4 is 23.2 Å². The van der Waals surface area contributed by atoms with Crippen LogP contribution in [0.4, 0.5) is 0 Å². The van der Waals surface area contributed by atoms with Crippen molar-refractivity contribution in [2.45, 2.75) is 12.5 Å². The number of hydrogen-bond acceptors (Lipinski definition) is 3. The first-order chi connectivity index (χ1) is 8.06. The fraction of sp³-hybridized carbons (Fsp3) is 0.273. The molecule has 0 saturated carbocycles. The maximum absolute atomic E-state index is 10.1. The molecule has 1 atom stereocenters. The number of aromatic nitrogens is 3. The van der Waals surface area contributed by atoms with Crippen LogP contribution in [0.15, 0.2) is 24.5 Å². The van der Waals surface area contributed by atoms with Crippen molar-refractivity contribution in [2.75, 3.05) is 0 Å². The number of benzene rings is 1. The van der Waals surface area contributed by atoms with Gasteiger partial charge in [-0.3, -0.25) is 4.68 Å². The molecule has 1 aromatic carbocycles. The van der Waals surface area contributed by atoms with E-state index in [0.29, 0.717) is 27.9 Å². The molecule has 1 N–H and O–H groups in total. The smallest absolute Gasteiger partial charge is 0.138 e. The van der Waals surface area contributed by atoms with Crippen molar-refractivity contribution in [1.29, 1.82) is 0 Å². The van der Waals surface area contributed by atoms with Crippen molar-refractivity contribution in [1.82, 2.24) is 14.8 Å². The highest BCUT2D eigenvalue weighted by molar-refractivity contribution is 6.34. The minimum Gasteiger partial charge on any atom is -0.388 e. The first-order valence-corrected chi connectivity index (χ1v) is 5.79. The average Bonchev–Trinajstić information content (AvgIpc) is 2.63. The summed E-state index contributed by atoms with van der Waals surface area (Å²) in [5.41, 5.74) is 0.672. The van der Waals surface area contributed by atoms with Crippen LogP contribution in [0.1, 0.15) is 17.5 Å². The lowest BCUT2D eigenvalue weighted by Gasteiger charge is -2.11. The molecule has 0 aliphatic rings. The molecule has 6 heteroatoms. The van der Waals surface area contributed by atoms with Gasteiger partial charge in [-0.15, -0.1) is 0 Å².